The second-order valence-electron chi connectivity index (χ2n) is 6.52. The second kappa shape index (κ2) is 7.94. The van der Waals surface area contributed by atoms with Gasteiger partial charge in [0.25, 0.3) is 0 Å². The number of rotatable bonds is 5. The third-order valence-electron chi connectivity index (χ3n) is 5.08. The fourth-order valence-electron chi connectivity index (χ4n) is 3.70. The van der Waals surface area contributed by atoms with Gasteiger partial charge in [-0.1, -0.05) is 18.5 Å². The van der Waals surface area contributed by atoms with Crippen LogP contribution in [0.1, 0.15) is 53.5 Å². The number of hydrogen-bond acceptors (Lipinski definition) is 5. The number of hydrogen-bond donors (Lipinski definition) is 1. The van der Waals surface area contributed by atoms with E-state index in [0.717, 1.165) is 37.0 Å². The zero-order chi connectivity index (χ0) is 18.0. The molecule has 1 aromatic carbocycles. The topological polar surface area (TPSA) is 57.4 Å². The summed E-state index contributed by atoms with van der Waals surface area (Å²) in [5.41, 5.74) is 7.70. The predicted octanol–water partition coefficient (Wildman–Crippen LogP) is 4.75. The highest BCUT2D eigenvalue weighted by molar-refractivity contribution is 7.11. The minimum atomic E-state index is 0.121. The van der Waals surface area contributed by atoms with E-state index in [1.807, 2.05) is 18.3 Å². The molecule has 3 unspecified atom stereocenters. The van der Waals surface area contributed by atoms with Gasteiger partial charge in [-0.2, -0.15) is 0 Å². The molecule has 3 atom stereocenters. The van der Waals surface area contributed by atoms with Crippen LogP contribution in [0.2, 0.25) is 5.02 Å². The Bertz CT molecular complexity index is 734. The SMILES string of the molecule is CCc1ncc(C2CCC(c3cc(OC)c(Cl)cc3OC)CC2N)s1. The molecular formula is C19H25ClN2O2S. The maximum atomic E-state index is 6.56. The van der Waals surface area contributed by atoms with Gasteiger partial charge in [0.05, 0.1) is 24.2 Å². The molecule has 1 fully saturated rings. The highest BCUT2D eigenvalue weighted by atomic mass is 35.5. The van der Waals surface area contributed by atoms with E-state index in [0.29, 0.717) is 22.6 Å². The number of halogens is 1. The van der Waals surface area contributed by atoms with Crippen LogP contribution in [-0.2, 0) is 6.42 Å². The van der Waals surface area contributed by atoms with E-state index in [2.05, 4.69) is 11.9 Å². The molecule has 2 N–H and O–H groups in total. The Labute approximate surface area is 158 Å². The summed E-state index contributed by atoms with van der Waals surface area (Å²) in [5.74, 6) is 2.25. The van der Waals surface area contributed by atoms with E-state index in [4.69, 9.17) is 26.8 Å². The minimum Gasteiger partial charge on any atom is -0.496 e. The zero-order valence-electron chi connectivity index (χ0n) is 14.9. The molecule has 1 heterocycles. The average molecular weight is 381 g/mol. The van der Waals surface area contributed by atoms with Crippen molar-refractivity contribution in [2.75, 3.05) is 14.2 Å². The van der Waals surface area contributed by atoms with Crippen LogP contribution >= 0.6 is 22.9 Å². The van der Waals surface area contributed by atoms with Crippen molar-refractivity contribution in [1.82, 2.24) is 4.98 Å². The lowest BCUT2D eigenvalue weighted by molar-refractivity contribution is 0.336. The molecule has 0 radical (unpaired) electrons. The first-order chi connectivity index (χ1) is 12.1. The summed E-state index contributed by atoms with van der Waals surface area (Å²) in [6, 6.07) is 3.96. The van der Waals surface area contributed by atoms with Gasteiger partial charge in [0, 0.05) is 34.7 Å². The fourth-order valence-corrected chi connectivity index (χ4v) is 5.01. The molecule has 25 heavy (non-hydrogen) atoms. The van der Waals surface area contributed by atoms with Gasteiger partial charge in [-0.3, -0.25) is 0 Å². The van der Waals surface area contributed by atoms with Gasteiger partial charge in [0.15, 0.2) is 0 Å². The molecule has 0 amide bonds. The number of aromatic nitrogens is 1. The molecule has 0 aliphatic heterocycles. The summed E-state index contributed by atoms with van der Waals surface area (Å²) in [7, 11) is 3.31. The highest BCUT2D eigenvalue weighted by Gasteiger charge is 2.32. The molecule has 4 nitrogen and oxygen atoms in total. The summed E-state index contributed by atoms with van der Waals surface area (Å²) in [6.45, 7) is 2.14. The molecule has 3 rings (SSSR count). The van der Waals surface area contributed by atoms with Gasteiger partial charge in [0.1, 0.15) is 11.5 Å². The van der Waals surface area contributed by atoms with Crippen LogP contribution in [0.3, 0.4) is 0 Å². The van der Waals surface area contributed by atoms with E-state index < -0.39 is 0 Å². The summed E-state index contributed by atoms with van der Waals surface area (Å²) >= 11 is 8.03. The van der Waals surface area contributed by atoms with Crippen LogP contribution in [0.4, 0.5) is 0 Å². The van der Waals surface area contributed by atoms with Crippen molar-refractivity contribution < 1.29 is 9.47 Å². The molecule has 0 bridgehead atoms. The molecule has 2 aromatic rings. The number of nitrogens with two attached hydrogens (primary N) is 1. The number of thiazole rings is 1. The van der Waals surface area contributed by atoms with E-state index in [9.17, 15) is 0 Å². The van der Waals surface area contributed by atoms with Crippen molar-refractivity contribution in [3.8, 4) is 11.5 Å². The van der Waals surface area contributed by atoms with Gasteiger partial charge in [-0.05, 0) is 37.7 Å². The normalized spacial score (nSPS) is 23.5. The molecule has 1 aliphatic carbocycles. The lowest BCUT2D eigenvalue weighted by atomic mass is 9.75. The number of benzene rings is 1. The molecule has 0 saturated heterocycles. The van der Waals surface area contributed by atoms with Crippen molar-refractivity contribution in [3.05, 3.63) is 38.8 Å². The van der Waals surface area contributed by atoms with Crippen molar-refractivity contribution in [1.29, 1.82) is 0 Å². The van der Waals surface area contributed by atoms with Gasteiger partial charge in [0.2, 0.25) is 0 Å². The summed E-state index contributed by atoms with van der Waals surface area (Å²) in [5, 5.41) is 1.76. The second-order valence-corrected chi connectivity index (χ2v) is 8.07. The van der Waals surface area contributed by atoms with Gasteiger partial charge in [-0.15, -0.1) is 11.3 Å². The summed E-state index contributed by atoms with van der Waals surface area (Å²) in [6.07, 6.45) is 6.05. The number of methoxy groups -OCH3 is 2. The Balaban J connectivity index is 1.81. The molecule has 0 spiro atoms. The molecule has 1 saturated carbocycles. The van der Waals surface area contributed by atoms with Crippen molar-refractivity contribution in [2.24, 2.45) is 5.73 Å². The highest BCUT2D eigenvalue weighted by Crippen LogP contribution is 2.45. The predicted molar refractivity (Wildman–Crippen MR) is 103 cm³/mol. The lowest BCUT2D eigenvalue weighted by Gasteiger charge is -2.34. The Morgan fingerprint density at radius 2 is 2.00 bits per heavy atom. The van der Waals surface area contributed by atoms with Gasteiger partial charge in [-0.25, -0.2) is 4.98 Å². The van der Waals surface area contributed by atoms with Crippen molar-refractivity contribution >= 4 is 22.9 Å². The van der Waals surface area contributed by atoms with Crippen LogP contribution in [0.25, 0.3) is 0 Å². The van der Waals surface area contributed by atoms with Crippen LogP contribution in [0.15, 0.2) is 18.3 Å². The van der Waals surface area contributed by atoms with Gasteiger partial charge >= 0.3 is 0 Å². The Kier molecular flexibility index (Phi) is 5.87. The monoisotopic (exact) mass is 380 g/mol. The third kappa shape index (κ3) is 3.78. The Morgan fingerprint density at radius 1 is 1.24 bits per heavy atom. The fraction of sp³-hybridized carbons (Fsp3) is 0.526. The maximum absolute atomic E-state index is 6.56. The molecule has 136 valence electrons. The van der Waals surface area contributed by atoms with Crippen LogP contribution in [0.5, 0.6) is 11.5 Å². The lowest BCUT2D eigenvalue weighted by Crippen LogP contribution is -2.34. The first-order valence-corrected chi connectivity index (χ1v) is 9.88. The van der Waals surface area contributed by atoms with Crippen molar-refractivity contribution in [3.63, 3.8) is 0 Å². The van der Waals surface area contributed by atoms with E-state index in [1.54, 1.807) is 25.6 Å². The molecule has 6 heteroatoms. The van der Waals surface area contributed by atoms with E-state index in [1.165, 1.54) is 9.88 Å². The van der Waals surface area contributed by atoms with E-state index in [-0.39, 0.29) is 6.04 Å². The zero-order valence-corrected chi connectivity index (χ0v) is 16.5. The van der Waals surface area contributed by atoms with Gasteiger partial charge < -0.3 is 15.2 Å². The molecular weight excluding hydrogens is 356 g/mol. The van der Waals surface area contributed by atoms with E-state index >= 15 is 0 Å². The maximum Gasteiger partial charge on any atom is 0.138 e. The largest absolute Gasteiger partial charge is 0.496 e. The standard InChI is InChI=1S/C19H25ClN2O2S/c1-4-19-22-10-18(25-19)12-6-5-11(7-15(12)21)13-8-17(24-3)14(20)9-16(13)23-2/h8-12,15H,4-7,21H2,1-3H3. The van der Waals surface area contributed by atoms with Crippen LogP contribution in [0, 0.1) is 0 Å². The molecule has 1 aromatic heterocycles. The van der Waals surface area contributed by atoms with Crippen molar-refractivity contribution in [2.45, 2.75) is 50.5 Å². The first kappa shape index (κ1) is 18.5. The summed E-state index contributed by atoms with van der Waals surface area (Å²) in [4.78, 5) is 5.82. The van der Waals surface area contributed by atoms with Crippen LogP contribution < -0.4 is 15.2 Å². The quantitative estimate of drug-likeness (QED) is 0.812. The smallest absolute Gasteiger partial charge is 0.138 e. The average Bonchev–Trinajstić information content (AvgIpc) is 3.10. The summed E-state index contributed by atoms with van der Waals surface area (Å²) < 4.78 is 10.9. The molecule has 1 aliphatic rings. The Morgan fingerprint density at radius 3 is 2.60 bits per heavy atom. The number of aryl methyl sites for hydroxylation is 1. The third-order valence-corrected chi connectivity index (χ3v) is 6.65. The van der Waals surface area contributed by atoms with Crippen LogP contribution in [-0.4, -0.2) is 25.2 Å². The number of ether oxygens (including phenoxy) is 2. The minimum absolute atomic E-state index is 0.121. The number of nitrogens with zero attached hydrogens (tertiary/aromatic N) is 1. The first-order valence-electron chi connectivity index (χ1n) is 8.68. The Hall–Kier alpha value is -1.30.